The molecule has 2 N–H and O–H groups in total. The fraction of sp³-hybridized carbons (Fsp3) is 0.714. The minimum Gasteiger partial charge on any atom is -0.480 e. The predicted octanol–water partition coefficient (Wildman–Crippen LogP) is 2.14. The van der Waals surface area contributed by atoms with E-state index in [4.69, 9.17) is 5.11 Å². The van der Waals surface area contributed by atoms with E-state index >= 15 is 0 Å². The summed E-state index contributed by atoms with van der Waals surface area (Å²) < 4.78 is 0. The number of nitrogens with one attached hydrogen (secondary N) is 1. The molecule has 106 valence electrons. The van der Waals surface area contributed by atoms with Gasteiger partial charge in [-0.2, -0.15) is 0 Å². The normalized spacial score (nSPS) is 23.1. The van der Waals surface area contributed by atoms with Crippen molar-refractivity contribution in [3.63, 3.8) is 0 Å². The zero-order valence-electron chi connectivity index (χ0n) is 11.2. The second-order valence-electron chi connectivity index (χ2n) is 5.28. The van der Waals surface area contributed by atoms with Crippen molar-refractivity contribution in [2.24, 2.45) is 0 Å². The van der Waals surface area contributed by atoms with E-state index in [9.17, 15) is 9.59 Å². The number of carbonyl (C=O) groups is 2. The fourth-order valence-corrected chi connectivity index (χ4v) is 2.83. The zero-order chi connectivity index (χ0) is 13.7. The largest absolute Gasteiger partial charge is 0.480 e. The van der Waals surface area contributed by atoms with Gasteiger partial charge in [0.2, 0.25) is 0 Å². The van der Waals surface area contributed by atoms with Gasteiger partial charge in [-0.05, 0) is 44.9 Å². The molecule has 5 nitrogen and oxygen atoms in total. The lowest BCUT2D eigenvalue weighted by molar-refractivity contribution is -0.141. The van der Waals surface area contributed by atoms with Crippen molar-refractivity contribution < 1.29 is 14.7 Å². The molecule has 0 aromatic rings. The highest BCUT2D eigenvalue weighted by Crippen LogP contribution is 2.20. The Morgan fingerprint density at radius 2 is 2.21 bits per heavy atom. The second-order valence-corrected chi connectivity index (χ2v) is 5.28. The smallest absolute Gasteiger partial charge is 0.326 e. The molecule has 1 atom stereocenters. The molecule has 0 aromatic heterocycles. The highest BCUT2D eigenvalue weighted by atomic mass is 16.4. The Hall–Kier alpha value is -1.52. The number of carbonyl (C=O) groups excluding carboxylic acids is 1. The SMILES string of the molecule is O=C(O)[C@@H]1CCCN1C(=O)NCCC1=CCCCC1. The number of carboxylic acids is 1. The average Bonchev–Trinajstić information content (AvgIpc) is 2.89. The lowest BCUT2D eigenvalue weighted by atomic mass is 9.97. The van der Waals surface area contributed by atoms with Crippen LogP contribution in [-0.2, 0) is 4.79 Å². The van der Waals surface area contributed by atoms with Crippen molar-refractivity contribution in [2.75, 3.05) is 13.1 Å². The summed E-state index contributed by atoms with van der Waals surface area (Å²) in [6.45, 7) is 1.15. The molecule has 1 heterocycles. The summed E-state index contributed by atoms with van der Waals surface area (Å²) in [4.78, 5) is 24.4. The molecule has 2 rings (SSSR count). The summed E-state index contributed by atoms with van der Waals surface area (Å²) in [6, 6.07) is -0.879. The van der Waals surface area contributed by atoms with Gasteiger partial charge in [0, 0.05) is 13.1 Å². The number of rotatable bonds is 4. The highest BCUT2D eigenvalue weighted by molar-refractivity contribution is 5.83. The van der Waals surface area contributed by atoms with Crippen LogP contribution in [0.3, 0.4) is 0 Å². The predicted molar refractivity (Wildman–Crippen MR) is 71.9 cm³/mol. The van der Waals surface area contributed by atoms with E-state index < -0.39 is 12.0 Å². The van der Waals surface area contributed by atoms with Crippen LogP contribution in [0.25, 0.3) is 0 Å². The number of hydrogen-bond donors (Lipinski definition) is 2. The number of likely N-dealkylation sites (tertiary alicyclic amines) is 1. The van der Waals surface area contributed by atoms with Crippen LogP contribution in [0.1, 0.15) is 44.9 Å². The van der Waals surface area contributed by atoms with Crippen molar-refractivity contribution in [3.05, 3.63) is 11.6 Å². The van der Waals surface area contributed by atoms with Crippen LogP contribution < -0.4 is 5.32 Å². The molecular weight excluding hydrogens is 244 g/mol. The van der Waals surface area contributed by atoms with Gasteiger partial charge >= 0.3 is 12.0 Å². The molecule has 0 spiro atoms. The molecule has 19 heavy (non-hydrogen) atoms. The van der Waals surface area contributed by atoms with Gasteiger partial charge in [-0.3, -0.25) is 0 Å². The minimum atomic E-state index is -0.900. The molecule has 0 saturated carbocycles. The van der Waals surface area contributed by atoms with Gasteiger partial charge in [0.1, 0.15) is 6.04 Å². The minimum absolute atomic E-state index is 0.235. The fourth-order valence-electron chi connectivity index (χ4n) is 2.83. The number of urea groups is 1. The molecule has 1 aliphatic carbocycles. The Labute approximate surface area is 113 Å². The quantitative estimate of drug-likeness (QED) is 0.766. The Balaban J connectivity index is 1.74. The summed E-state index contributed by atoms with van der Waals surface area (Å²) in [6.07, 6.45) is 9.29. The van der Waals surface area contributed by atoms with Crippen LogP contribution >= 0.6 is 0 Å². The van der Waals surface area contributed by atoms with Crippen LogP contribution in [0.5, 0.6) is 0 Å². The van der Waals surface area contributed by atoms with Crippen molar-refractivity contribution in [1.29, 1.82) is 0 Å². The van der Waals surface area contributed by atoms with E-state index in [1.807, 2.05) is 0 Å². The molecule has 0 aromatic carbocycles. The number of nitrogens with zero attached hydrogens (tertiary/aromatic N) is 1. The van der Waals surface area contributed by atoms with Gasteiger partial charge in [-0.1, -0.05) is 11.6 Å². The average molecular weight is 266 g/mol. The van der Waals surface area contributed by atoms with Gasteiger partial charge in [-0.15, -0.1) is 0 Å². The number of hydrogen-bond acceptors (Lipinski definition) is 2. The van der Waals surface area contributed by atoms with Gasteiger partial charge in [0.25, 0.3) is 0 Å². The van der Waals surface area contributed by atoms with Gasteiger partial charge in [0.15, 0.2) is 0 Å². The molecule has 1 fully saturated rings. The Kier molecular flexibility index (Phi) is 4.82. The monoisotopic (exact) mass is 266 g/mol. The number of allylic oxidation sites excluding steroid dienone is 1. The van der Waals surface area contributed by atoms with Gasteiger partial charge < -0.3 is 15.3 Å². The molecule has 1 aliphatic heterocycles. The molecule has 0 radical (unpaired) electrons. The maximum Gasteiger partial charge on any atom is 0.326 e. The summed E-state index contributed by atoms with van der Waals surface area (Å²) >= 11 is 0. The molecule has 5 heteroatoms. The number of amides is 2. The third-order valence-corrected chi connectivity index (χ3v) is 3.91. The maximum atomic E-state index is 11.9. The van der Waals surface area contributed by atoms with Crippen molar-refractivity contribution in [2.45, 2.75) is 51.0 Å². The van der Waals surface area contributed by atoms with E-state index in [1.165, 1.54) is 23.3 Å². The van der Waals surface area contributed by atoms with E-state index in [0.29, 0.717) is 19.5 Å². The Bertz CT molecular complexity index is 379. The topological polar surface area (TPSA) is 69.6 Å². The molecule has 2 amide bonds. The first-order chi connectivity index (χ1) is 9.18. The van der Waals surface area contributed by atoms with Gasteiger partial charge in [0.05, 0.1) is 0 Å². The third kappa shape index (κ3) is 3.72. The van der Waals surface area contributed by atoms with E-state index in [2.05, 4.69) is 11.4 Å². The van der Waals surface area contributed by atoms with Crippen LogP contribution in [0.2, 0.25) is 0 Å². The summed E-state index contributed by atoms with van der Waals surface area (Å²) in [7, 11) is 0. The highest BCUT2D eigenvalue weighted by Gasteiger charge is 2.33. The van der Waals surface area contributed by atoms with Crippen LogP contribution in [0.4, 0.5) is 4.79 Å². The van der Waals surface area contributed by atoms with Crippen molar-refractivity contribution in [1.82, 2.24) is 10.2 Å². The Morgan fingerprint density at radius 1 is 1.37 bits per heavy atom. The first-order valence-electron chi connectivity index (χ1n) is 7.13. The molecule has 0 unspecified atom stereocenters. The van der Waals surface area contributed by atoms with Crippen molar-refractivity contribution >= 4 is 12.0 Å². The van der Waals surface area contributed by atoms with Gasteiger partial charge in [-0.25, -0.2) is 9.59 Å². The number of aliphatic carboxylic acids is 1. The molecule has 2 aliphatic rings. The Morgan fingerprint density at radius 3 is 2.89 bits per heavy atom. The summed E-state index contributed by atoms with van der Waals surface area (Å²) in [5.74, 6) is -0.900. The van der Waals surface area contributed by atoms with E-state index in [1.54, 1.807) is 0 Å². The standard InChI is InChI=1S/C14H22N2O3/c17-13(18)12-7-4-10-16(12)14(19)15-9-8-11-5-2-1-3-6-11/h5,12H,1-4,6-10H2,(H,15,19)(H,17,18)/t12-/m0/s1. The first-order valence-corrected chi connectivity index (χ1v) is 7.13. The first kappa shape index (κ1) is 13.9. The van der Waals surface area contributed by atoms with E-state index in [0.717, 1.165) is 25.7 Å². The zero-order valence-corrected chi connectivity index (χ0v) is 11.2. The molecular formula is C14H22N2O3. The van der Waals surface area contributed by atoms with Crippen LogP contribution in [0.15, 0.2) is 11.6 Å². The van der Waals surface area contributed by atoms with Crippen molar-refractivity contribution in [3.8, 4) is 0 Å². The van der Waals surface area contributed by atoms with Crippen LogP contribution in [0, 0.1) is 0 Å². The molecule has 0 bridgehead atoms. The van der Waals surface area contributed by atoms with E-state index in [-0.39, 0.29) is 6.03 Å². The maximum absolute atomic E-state index is 11.9. The summed E-state index contributed by atoms with van der Waals surface area (Å²) in [5, 5.41) is 11.9. The molecule has 1 saturated heterocycles. The third-order valence-electron chi connectivity index (χ3n) is 3.91. The lowest BCUT2D eigenvalue weighted by Crippen LogP contribution is -2.46. The second kappa shape index (κ2) is 6.59. The van der Waals surface area contributed by atoms with Crippen LogP contribution in [-0.4, -0.2) is 41.1 Å². The lowest BCUT2D eigenvalue weighted by Gasteiger charge is -2.22. The number of carboxylic acid groups (broad SMARTS) is 1. The summed E-state index contributed by atoms with van der Waals surface area (Å²) in [5.41, 5.74) is 1.42.